The summed E-state index contributed by atoms with van der Waals surface area (Å²) in [5, 5.41) is 20.6. The van der Waals surface area contributed by atoms with Crippen LogP contribution in [0, 0.1) is 68.4 Å². The van der Waals surface area contributed by atoms with Crippen molar-refractivity contribution in [2.75, 3.05) is 6.61 Å². The largest absolute Gasteiger partial charge is 0.481 e. The number of carboxylic acid groups (broad SMARTS) is 1. The number of allylic oxidation sites excluding steroid dienone is 1. The van der Waals surface area contributed by atoms with E-state index in [-0.39, 0.29) is 81.7 Å². The van der Waals surface area contributed by atoms with Gasteiger partial charge in [-0.3, -0.25) is 24.0 Å². The number of esters is 1. The maximum Gasteiger partial charge on any atom is 0.435 e. The Labute approximate surface area is 405 Å². The molecular weight excluding hydrogens is 880 g/mol. The van der Waals surface area contributed by atoms with E-state index in [4.69, 9.17) is 9.47 Å². The van der Waals surface area contributed by atoms with E-state index in [1.807, 2.05) is 13.8 Å². The minimum atomic E-state index is -1.29. The minimum absolute atomic E-state index is 0.0295. The highest BCUT2D eigenvalue weighted by Crippen LogP contribution is 2.76. The molecule has 0 radical (unpaired) electrons. The number of carboxylic acids is 1. The van der Waals surface area contributed by atoms with Crippen molar-refractivity contribution in [3.63, 3.8) is 0 Å². The van der Waals surface area contributed by atoms with E-state index in [0.29, 0.717) is 49.5 Å². The zero-order valence-corrected chi connectivity index (χ0v) is 42.3. The lowest BCUT2D eigenvalue weighted by Crippen LogP contribution is -2.70. The predicted molar refractivity (Wildman–Crippen MR) is 255 cm³/mol. The molecule has 6 fully saturated rings. The van der Waals surface area contributed by atoms with Crippen molar-refractivity contribution in [1.82, 2.24) is 20.4 Å². The molecule has 13 nitrogen and oxygen atoms in total. The third kappa shape index (κ3) is 7.27. The Bertz CT molecular complexity index is 2520. The Morgan fingerprint density at radius 3 is 2.14 bits per heavy atom. The van der Waals surface area contributed by atoms with E-state index < -0.39 is 52.1 Å². The monoisotopic (exact) mass is 953 g/mol. The Kier molecular flexibility index (Phi) is 11.8. The van der Waals surface area contributed by atoms with Gasteiger partial charge in [0.25, 0.3) is 5.91 Å². The third-order valence-electron chi connectivity index (χ3n) is 20.3. The van der Waals surface area contributed by atoms with E-state index >= 15 is 4.79 Å². The Morgan fingerprint density at radius 1 is 0.841 bits per heavy atom. The number of aliphatic carboxylic acids is 1. The van der Waals surface area contributed by atoms with Crippen LogP contribution in [0.5, 0.6) is 0 Å². The van der Waals surface area contributed by atoms with Crippen LogP contribution >= 0.6 is 0 Å². The summed E-state index contributed by atoms with van der Waals surface area (Å²) in [5.41, 5.74) is -0.877. The van der Waals surface area contributed by atoms with Gasteiger partial charge >= 0.3 is 18.0 Å². The molecule has 6 saturated carbocycles. The number of carbonyl (C=O) groups excluding carboxylic acids is 5. The molecule has 3 N–H and O–H groups in total. The van der Waals surface area contributed by atoms with Gasteiger partial charge < -0.3 is 25.2 Å². The van der Waals surface area contributed by atoms with Crippen molar-refractivity contribution < 1.29 is 47.7 Å². The normalized spacial score (nSPS) is 35.8. The van der Waals surface area contributed by atoms with Crippen molar-refractivity contribution in [1.29, 1.82) is 0 Å². The number of aromatic nitrogens is 2. The van der Waals surface area contributed by atoms with Crippen LogP contribution in [0.4, 0.5) is 9.18 Å². The number of nitrogens with zero attached hydrogens (tertiary/aromatic N) is 2. The third-order valence-corrected chi connectivity index (χ3v) is 20.3. The number of ether oxygens (including phenoxy) is 2. The zero-order chi connectivity index (χ0) is 50.0. The molecule has 1 aromatic carbocycles. The van der Waals surface area contributed by atoms with Gasteiger partial charge in [-0.2, -0.15) is 9.78 Å². The smallest absolute Gasteiger partial charge is 0.435 e. The molecule has 69 heavy (non-hydrogen) atoms. The SMILES string of the molecule is CCOC(=O)n1nc(-c2ccc(F)cc2)cc1C(=O)NC1(C(=O)N[C@@]23CC[C@]4(C)[C@H](CC[C@@H]5[C@@]6(C)CC[C@H](OC(=O)[C@H]7C[C@@H](C(=O)O)C7(C)C)C(C)(C)[C@@H]6CC[C@]54C)C2=C(C(C)C)C(=O)C3)CCC1. The fraction of sp³-hybridized carbons (Fsp3) is 0.691. The highest BCUT2D eigenvalue weighted by Gasteiger charge is 2.71. The molecule has 2 aromatic rings. The molecule has 7 aliphatic carbocycles. The van der Waals surface area contributed by atoms with Crippen LogP contribution in [0.3, 0.4) is 0 Å². The molecule has 0 aliphatic heterocycles. The molecule has 10 atom stereocenters. The first-order chi connectivity index (χ1) is 32.3. The van der Waals surface area contributed by atoms with E-state index in [1.165, 1.54) is 30.3 Å². The second kappa shape index (κ2) is 16.6. The van der Waals surface area contributed by atoms with Gasteiger partial charge in [-0.15, -0.1) is 0 Å². The maximum absolute atomic E-state index is 15.0. The van der Waals surface area contributed by atoms with Crippen LogP contribution in [0.15, 0.2) is 41.5 Å². The van der Waals surface area contributed by atoms with E-state index in [1.54, 1.807) is 6.92 Å². The molecule has 374 valence electrons. The number of fused-ring (bicyclic) bond motifs is 7. The van der Waals surface area contributed by atoms with Gasteiger partial charge in [0.1, 0.15) is 23.2 Å². The summed E-state index contributed by atoms with van der Waals surface area (Å²) >= 11 is 0. The number of amides is 2. The molecule has 9 rings (SSSR count). The fourth-order valence-electron chi connectivity index (χ4n) is 16.1. The summed E-state index contributed by atoms with van der Waals surface area (Å²) in [7, 11) is 0. The summed E-state index contributed by atoms with van der Waals surface area (Å²) in [6, 6.07) is 6.99. The molecule has 0 saturated heterocycles. The first kappa shape index (κ1) is 49.1. The minimum Gasteiger partial charge on any atom is -0.481 e. The van der Waals surface area contributed by atoms with Crippen molar-refractivity contribution in [2.24, 2.45) is 62.6 Å². The van der Waals surface area contributed by atoms with Crippen LogP contribution in [-0.4, -0.2) is 74.3 Å². The quantitative estimate of drug-likeness (QED) is 0.194. The van der Waals surface area contributed by atoms with Crippen molar-refractivity contribution >= 4 is 35.6 Å². The van der Waals surface area contributed by atoms with Crippen LogP contribution < -0.4 is 10.6 Å². The van der Waals surface area contributed by atoms with Gasteiger partial charge in [-0.05, 0) is 171 Å². The van der Waals surface area contributed by atoms with Crippen molar-refractivity contribution in [2.45, 2.75) is 170 Å². The van der Waals surface area contributed by atoms with Crippen LogP contribution in [0.1, 0.15) is 163 Å². The van der Waals surface area contributed by atoms with Crippen LogP contribution in [0.25, 0.3) is 11.3 Å². The molecule has 1 aromatic heterocycles. The number of halogens is 1. The number of hydrogen-bond donors (Lipinski definition) is 3. The van der Waals surface area contributed by atoms with Gasteiger partial charge in [0.15, 0.2) is 5.78 Å². The number of hydrogen-bond acceptors (Lipinski definition) is 9. The number of benzene rings is 1. The second-order valence-corrected chi connectivity index (χ2v) is 24.4. The zero-order valence-electron chi connectivity index (χ0n) is 42.3. The molecule has 0 spiro atoms. The van der Waals surface area contributed by atoms with E-state index in [9.17, 15) is 33.5 Å². The topological polar surface area (TPSA) is 183 Å². The molecule has 14 heteroatoms. The van der Waals surface area contributed by atoms with Crippen LogP contribution in [0.2, 0.25) is 0 Å². The number of carbonyl (C=O) groups is 6. The first-order valence-electron chi connectivity index (χ1n) is 25.7. The lowest BCUT2D eigenvalue weighted by Gasteiger charge is -2.72. The predicted octanol–water partition coefficient (Wildman–Crippen LogP) is 9.85. The van der Waals surface area contributed by atoms with E-state index in [2.05, 4.69) is 64.2 Å². The highest BCUT2D eigenvalue weighted by atomic mass is 19.1. The average molecular weight is 953 g/mol. The van der Waals surface area contributed by atoms with Crippen molar-refractivity contribution in [3.05, 3.63) is 53.0 Å². The number of Topliss-reactive ketones (excluding diaryl/α,β-unsaturated/α-hetero) is 1. The van der Waals surface area contributed by atoms with Crippen molar-refractivity contribution in [3.8, 4) is 11.3 Å². The average Bonchev–Trinajstić information content (AvgIpc) is 3.83. The summed E-state index contributed by atoms with van der Waals surface area (Å²) in [6.45, 7) is 21.6. The number of ketones is 1. The molecular formula is C55H73FN4O9. The highest BCUT2D eigenvalue weighted by molar-refractivity contribution is 6.04. The van der Waals surface area contributed by atoms with Gasteiger partial charge in [0.2, 0.25) is 5.91 Å². The first-order valence-corrected chi connectivity index (χ1v) is 25.7. The van der Waals surface area contributed by atoms with Crippen LogP contribution in [-0.2, 0) is 28.7 Å². The molecule has 1 heterocycles. The summed E-state index contributed by atoms with van der Waals surface area (Å²) in [5.74, 6) is -2.81. The fourth-order valence-corrected chi connectivity index (χ4v) is 16.1. The van der Waals surface area contributed by atoms with E-state index in [0.717, 1.165) is 60.8 Å². The Hall–Kier alpha value is -4.88. The van der Waals surface area contributed by atoms with Gasteiger partial charge in [-0.1, -0.05) is 62.3 Å². The standard InChI is InChI=1S/C55H73FN4O9/c1-11-68-48(67)60-37(28-36(59-60)31-13-15-32(56)16-14-31)44(62)57-54(21-12-22-54)47(66)58-55-26-25-52(9)33(43(55)42(30(2)3)38(61)29-55)17-18-40-51(8)23-20-41(50(6,7)39(51)19-24-53(40,52)10)69-46(65)35-27-34(45(63)64)49(35,4)5/h13-16,28,30,33-35,39-41H,11-12,17-27,29H2,1-10H3,(H,57,62)(H,58,66)(H,63,64)/t33-,34+,35-,39+,40-,41+,51+,52-,53-,55-/m1/s1. The summed E-state index contributed by atoms with van der Waals surface area (Å²) < 4.78 is 26.4. The Balaban J connectivity index is 0.966. The Morgan fingerprint density at radius 2 is 1.54 bits per heavy atom. The maximum atomic E-state index is 15.0. The lowest BCUT2D eigenvalue weighted by atomic mass is 9.33. The van der Waals surface area contributed by atoms with Gasteiger partial charge in [-0.25, -0.2) is 9.18 Å². The van der Waals surface area contributed by atoms with Gasteiger partial charge in [0.05, 0.1) is 29.7 Å². The second-order valence-electron chi connectivity index (χ2n) is 24.4. The summed E-state index contributed by atoms with van der Waals surface area (Å²) in [4.78, 5) is 82.5. The number of nitrogens with one attached hydrogen (secondary N) is 2. The molecule has 2 amide bonds. The summed E-state index contributed by atoms with van der Waals surface area (Å²) in [6.07, 6.45) is 7.72. The number of rotatable bonds is 10. The lowest BCUT2D eigenvalue weighted by molar-refractivity contribution is -0.235. The molecule has 7 aliphatic rings. The molecule has 0 bridgehead atoms. The molecule has 0 unspecified atom stereocenters. The van der Waals surface area contributed by atoms with Gasteiger partial charge in [0, 0.05) is 17.4 Å².